The minimum absolute atomic E-state index is 0.0141. The van der Waals surface area contributed by atoms with Gasteiger partial charge in [-0.15, -0.1) is 0 Å². The second-order valence-electron chi connectivity index (χ2n) is 10.5. The molecule has 1 heterocycles. The van der Waals surface area contributed by atoms with Crippen molar-refractivity contribution in [3.05, 3.63) is 65.7 Å². The van der Waals surface area contributed by atoms with Gasteiger partial charge in [0.25, 0.3) is 0 Å². The Morgan fingerprint density at radius 3 is 1.67 bits per heavy atom. The number of hydrogen-bond donors (Lipinski definition) is 8. The molecule has 5 amide bonds. The summed E-state index contributed by atoms with van der Waals surface area (Å²) in [7, 11) is 0. The predicted octanol–water partition coefficient (Wildman–Crippen LogP) is -1.24. The standard InChI is InChI=1S/C30H40N6O7/c1-18-26(39)36-25(17-37)30(43)35-24(16-20-10-12-21(38)13-11-20)29(42)34-23(15-19-7-3-2-4-8-19)28(41)33-22(27(40)32-18)9-5-6-14-31/h2-4,7-8,10-13,18,22-25,37-38H,5-6,9,14-17,31H2,1H3,(H,32,40)(H,33,41)(H,34,42)(H,35,43)(H,36,39)/t18-,22+,23+,24+,25+/m1/s1. The van der Waals surface area contributed by atoms with Crippen molar-refractivity contribution in [2.24, 2.45) is 5.73 Å². The van der Waals surface area contributed by atoms with Gasteiger partial charge in [0.1, 0.15) is 36.0 Å². The molecular weight excluding hydrogens is 556 g/mol. The van der Waals surface area contributed by atoms with Crippen LogP contribution in [0.4, 0.5) is 0 Å². The molecule has 2 aromatic rings. The van der Waals surface area contributed by atoms with E-state index in [-0.39, 0.29) is 25.0 Å². The molecule has 232 valence electrons. The number of rotatable bonds is 9. The second kappa shape index (κ2) is 16.2. The maximum Gasteiger partial charge on any atom is 0.245 e. The quantitative estimate of drug-likeness (QED) is 0.164. The number of benzene rings is 2. The van der Waals surface area contributed by atoms with Crippen molar-refractivity contribution in [3.8, 4) is 5.75 Å². The fraction of sp³-hybridized carbons (Fsp3) is 0.433. The molecule has 1 saturated heterocycles. The number of hydrogen-bond acceptors (Lipinski definition) is 8. The van der Waals surface area contributed by atoms with E-state index in [2.05, 4.69) is 26.6 Å². The summed E-state index contributed by atoms with van der Waals surface area (Å²) in [6.45, 7) is 1.03. The van der Waals surface area contributed by atoms with Crippen molar-refractivity contribution >= 4 is 29.5 Å². The summed E-state index contributed by atoms with van der Waals surface area (Å²) < 4.78 is 0. The van der Waals surface area contributed by atoms with Gasteiger partial charge in [0, 0.05) is 12.8 Å². The van der Waals surface area contributed by atoms with E-state index in [0.29, 0.717) is 24.9 Å². The van der Waals surface area contributed by atoms with Gasteiger partial charge in [0.15, 0.2) is 0 Å². The SMILES string of the molecule is C[C@H]1NC(=O)[C@H](CCCCN)NC(=O)[C@H](Cc2ccccc2)NC(=O)[C@H](Cc2ccc(O)cc2)NC(=O)[C@H](CO)NC1=O. The zero-order valence-electron chi connectivity index (χ0n) is 24.0. The van der Waals surface area contributed by atoms with E-state index in [1.54, 1.807) is 36.4 Å². The van der Waals surface area contributed by atoms with E-state index < -0.39 is 66.4 Å². The van der Waals surface area contributed by atoms with Crippen LogP contribution in [0.1, 0.15) is 37.3 Å². The monoisotopic (exact) mass is 596 g/mol. The molecule has 0 saturated carbocycles. The maximum absolute atomic E-state index is 13.7. The zero-order chi connectivity index (χ0) is 31.4. The van der Waals surface area contributed by atoms with Crippen molar-refractivity contribution in [2.75, 3.05) is 13.2 Å². The summed E-state index contributed by atoms with van der Waals surface area (Å²) >= 11 is 0. The van der Waals surface area contributed by atoms with Gasteiger partial charge >= 0.3 is 0 Å². The third-order valence-corrected chi connectivity index (χ3v) is 7.07. The zero-order valence-corrected chi connectivity index (χ0v) is 24.0. The molecule has 9 N–H and O–H groups in total. The number of aromatic hydroxyl groups is 1. The maximum atomic E-state index is 13.7. The number of aliphatic hydroxyl groups is 1. The van der Waals surface area contributed by atoms with Crippen molar-refractivity contribution in [1.82, 2.24) is 26.6 Å². The van der Waals surface area contributed by atoms with Gasteiger partial charge in [-0.2, -0.15) is 0 Å². The van der Waals surface area contributed by atoms with Crippen molar-refractivity contribution in [3.63, 3.8) is 0 Å². The van der Waals surface area contributed by atoms with Crippen LogP contribution in [0.3, 0.4) is 0 Å². The Morgan fingerprint density at radius 1 is 0.628 bits per heavy atom. The number of phenolic OH excluding ortho intramolecular Hbond substituents is 1. The number of aliphatic hydroxyl groups excluding tert-OH is 1. The summed E-state index contributed by atoms with van der Waals surface area (Å²) in [5.41, 5.74) is 6.95. The highest BCUT2D eigenvalue weighted by Gasteiger charge is 2.33. The molecule has 43 heavy (non-hydrogen) atoms. The molecule has 13 nitrogen and oxygen atoms in total. The summed E-state index contributed by atoms with van der Waals surface area (Å²) in [6.07, 6.45) is 1.42. The lowest BCUT2D eigenvalue weighted by Crippen LogP contribution is -2.59. The highest BCUT2D eigenvalue weighted by atomic mass is 16.3. The molecule has 1 aliphatic heterocycles. The minimum atomic E-state index is -1.42. The van der Waals surface area contributed by atoms with E-state index in [9.17, 15) is 34.2 Å². The van der Waals surface area contributed by atoms with Crippen LogP contribution in [0.25, 0.3) is 0 Å². The Morgan fingerprint density at radius 2 is 1.12 bits per heavy atom. The topological polar surface area (TPSA) is 212 Å². The average Bonchev–Trinajstić information content (AvgIpc) is 2.99. The fourth-order valence-electron chi connectivity index (χ4n) is 4.58. The van der Waals surface area contributed by atoms with Gasteiger partial charge in [0.2, 0.25) is 29.5 Å². The smallest absolute Gasteiger partial charge is 0.245 e. The van der Waals surface area contributed by atoms with Crippen LogP contribution >= 0.6 is 0 Å². The van der Waals surface area contributed by atoms with E-state index in [1.807, 2.05) is 6.07 Å². The van der Waals surface area contributed by atoms with E-state index in [0.717, 1.165) is 5.56 Å². The number of unbranched alkanes of at least 4 members (excludes halogenated alkanes) is 1. The molecule has 0 radical (unpaired) electrons. The number of carbonyl (C=O) groups is 5. The van der Waals surface area contributed by atoms with E-state index in [4.69, 9.17) is 5.73 Å². The lowest BCUT2D eigenvalue weighted by molar-refractivity contribution is -0.134. The van der Waals surface area contributed by atoms with E-state index >= 15 is 0 Å². The van der Waals surface area contributed by atoms with Crippen LogP contribution in [0, 0.1) is 0 Å². The molecule has 5 atom stereocenters. The normalized spacial score (nSPS) is 24.0. The largest absolute Gasteiger partial charge is 0.508 e. The minimum Gasteiger partial charge on any atom is -0.508 e. The first-order chi connectivity index (χ1) is 20.6. The summed E-state index contributed by atoms with van der Waals surface area (Å²) in [4.78, 5) is 66.5. The number of carbonyl (C=O) groups excluding carboxylic acids is 5. The first kappa shape index (κ1) is 33.0. The van der Waals surface area contributed by atoms with Crippen LogP contribution in [0.5, 0.6) is 5.75 Å². The molecule has 13 heteroatoms. The van der Waals surface area contributed by atoms with Crippen molar-refractivity contribution < 1.29 is 34.2 Å². The molecule has 0 spiro atoms. The van der Waals surface area contributed by atoms with Gasteiger partial charge in [-0.3, -0.25) is 24.0 Å². The molecule has 0 aromatic heterocycles. The molecular formula is C30H40N6O7. The first-order valence-corrected chi connectivity index (χ1v) is 14.3. The molecule has 1 fully saturated rings. The molecule has 0 unspecified atom stereocenters. The van der Waals surface area contributed by atoms with Gasteiger partial charge in [-0.1, -0.05) is 42.5 Å². The van der Waals surface area contributed by atoms with Gasteiger partial charge in [-0.25, -0.2) is 0 Å². The van der Waals surface area contributed by atoms with E-state index in [1.165, 1.54) is 19.1 Å². The molecule has 0 bridgehead atoms. The lowest BCUT2D eigenvalue weighted by atomic mass is 10.0. The van der Waals surface area contributed by atoms with Crippen LogP contribution in [0.2, 0.25) is 0 Å². The Labute approximate surface area is 250 Å². The van der Waals surface area contributed by atoms with Crippen LogP contribution in [-0.2, 0) is 36.8 Å². The third-order valence-electron chi connectivity index (χ3n) is 7.07. The molecule has 1 aliphatic rings. The number of nitrogens with two attached hydrogens (primary N) is 1. The lowest BCUT2D eigenvalue weighted by Gasteiger charge is -2.26. The van der Waals surface area contributed by atoms with Crippen molar-refractivity contribution in [2.45, 2.75) is 69.2 Å². The fourth-order valence-corrected chi connectivity index (χ4v) is 4.58. The molecule has 3 rings (SSSR count). The Balaban J connectivity index is 2.00. The number of amides is 5. The Bertz CT molecular complexity index is 1260. The van der Waals surface area contributed by atoms with Gasteiger partial charge < -0.3 is 42.5 Å². The Kier molecular flexibility index (Phi) is 12.5. The van der Waals surface area contributed by atoms with Crippen LogP contribution < -0.4 is 32.3 Å². The summed E-state index contributed by atoms with van der Waals surface area (Å²) in [5, 5.41) is 32.5. The van der Waals surface area contributed by atoms with Crippen LogP contribution in [-0.4, -0.2) is 83.1 Å². The van der Waals surface area contributed by atoms with Gasteiger partial charge in [-0.05, 0) is 56.0 Å². The van der Waals surface area contributed by atoms with Crippen LogP contribution in [0.15, 0.2) is 54.6 Å². The molecule has 0 aliphatic carbocycles. The van der Waals surface area contributed by atoms with Crippen molar-refractivity contribution in [1.29, 1.82) is 0 Å². The Hall–Kier alpha value is -4.49. The first-order valence-electron chi connectivity index (χ1n) is 14.3. The number of phenols is 1. The second-order valence-corrected chi connectivity index (χ2v) is 10.5. The highest BCUT2D eigenvalue weighted by molar-refractivity contribution is 5.98. The number of nitrogens with one attached hydrogen (secondary N) is 5. The summed E-state index contributed by atoms with van der Waals surface area (Å²) in [5.74, 6) is -3.52. The average molecular weight is 597 g/mol. The van der Waals surface area contributed by atoms with Gasteiger partial charge in [0.05, 0.1) is 6.61 Å². The summed E-state index contributed by atoms with van der Waals surface area (Å²) in [6, 6.07) is 9.08. The third kappa shape index (κ3) is 10.1. The molecule has 2 aromatic carbocycles. The predicted molar refractivity (Wildman–Crippen MR) is 157 cm³/mol. The highest BCUT2D eigenvalue weighted by Crippen LogP contribution is 2.13.